The van der Waals surface area contributed by atoms with E-state index < -0.39 is 0 Å². The van der Waals surface area contributed by atoms with Gasteiger partial charge in [0.1, 0.15) is 0 Å². The maximum atomic E-state index is 12.6. The van der Waals surface area contributed by atoms with E-state index in [9.17, 15) is 4.79 Å². The van der Waals surface area contributed by atoms with Crippen LogP contribution >= 0.6 is 11.8 Å². The number of benzene rings is 2. The number of hydrogen-bond donors (Lipinski definition) is 1. The predicted octanol–water partition coefficient (Wildman–Crippen LogP) is 2.89. The summed E-state index contributed by atoms with van der Waals surface area (Å²) in [5.74, 6) is 0.840. The van der Waals surface area contributed by atoms with E-state index in [-0.39, 0.29) is 12.5 Å². The Bertz CT molecular complexity index is 848. The Morgan fingerprint density at radius 3 is 2.80 bits per heavy atom. The lowest BCUT2D eigenvalue weighted by Gasteiger charge is -2.17. The maximum Gasteiger partial charge on any atom is 0.253 e. The number of fused-ring (bicyclic) bond motifs is 1. The molecule has 0 unspecified atom stereocenters. The fourth-order valence-electron chi connectivity index (χ4n) is 2.62. The van der Waals surface area contributed by atoms with Gasteiger partial charge in [-0.25, -0.2) is 4.98 Å². The molecule has 0 fully saturated rings. The van der Waals surface area contributed by atoms with Crippen molar-refractivity contribution in [2.45, 2.75) is 11.4 Å². The van der Waals surface area contributed by atoms with Crippen LogP contribution in [0.15, 0.2) is 59.8 Å². The summed E-state index contributed by atoms with van der Waals surface area (Å²) in [4.78, 5) is 19.9. The Hall–Kier alpha value is -2.31. The summed E-state index contributed by atoms with van der Waals surface area (Å²) in [6, 6.07) is 15.7. The van der Waals surface area contributed by atoms with Crippen molar-refractivity contribution in [1.82, 2.24) is 14.5 Å². The van der Waals surface area contributed by atoms with E-state index in [4.69, 9.17) is 5.11 Å². The number of rotatable bonds is 7. The number of hydrogen-bond acceptors (Lipinski definition) is 4. The van der Waals surface area contributed by atoms with Crippen LogP contribution < -0.4 is 0 Å². The minimum Gasteiger partial charge on any atom is -0.395 e. The summed E-state index contributed by atoms with van der Waals surface area (Å²) in [5, 5.41) is 9.07. The molecule has 130 valence electrons. The van der Waals surface area contributed by atoms with Gasteiger partial charge in [0.05, 0.1) is 24.0 Å². The molecule has 0 atom stereocenters. The van der Waals surface area contributed by atoms with E-state index >= 15 is 0 Å². The average molecular weight is 355 g/mol. The topological polar surface area (TPSA) is 58.4 Å². The van der Waals surface area contributed by atoms with Crippen molar-refractivity contribution in [3.8, 4) is 0 Å². The second kappa shape index (κ2) is 8.18. The van der Waals surface area contributed by atoms with Crippen molar-refractivity contribution in [3.05, 3.63) is 60.4 Å². The van der Waals surface area contributed by atoms with Gasteiger partial charge in [-0.2, -0.15) is 0 Å². The molecule has 25 heavy (non-hydrogen) atoms. The Morgan fingerprint density at radius 2 is 2.04 bits per heavy atom. The summed E-state index contributed by atoms with van der Waals surface area (Å²) >= 11 is 1.74. The van der Waals surface area contributed by atoms with Gasteiger partial charge in [-0.3, -0.25) is 4.79 Å². The van der Waals surface area contributed by atoms with Crippen molar-refractivity contribution in [1.29, 1.82) is 0 Å². The molecular formula is C19H21N3O2S. The van der Waals surface area contributed by atoms with Crippen LogP contribution in [0.5, 0.6) is 0 Å². The SMILES string of the molecule is CN(CCSc1ccccc1)C(=O)c1ccc2c(c1)ncn2CCO. The zero-order chi connectivity index (χ0) is 17.6. The van der Waals surface area contributed by atoms with Gasteiger partial charge in [0.2, 0.25) is 0 Å². The molecule has 0 bridgehead atoms. The van der Waals surface area contributed by atoms with Crippen molar-refractivity contribution < 1.29 is 9.90 Å². The molecule has 6 heteroatoms. The highest BCUT2D eigenvalue weighted by Gasteiger charge is 2.13. The molecule has 0 radical (unpaired) electrons. The summed E-state index contributed by atoms with van der Waals surface area (Å²) in [6.07, 6.45) is 1.69. The molecule has 1 aromatic heterocycles. The van der Waals surface area contributed by atoms with Crippen LogP contribution in [0.4, 0.5) is 0 Å². The molecular weight excluding hydrogens is 334 g/mol. The standard InChI is InChI=1S/C19H21N3O2S/c1-21(10-12-25-16-5-3-2-4-6-16)19(24)15-7-8-18-17(13-15)20-14-22(18)9-11-23/h2-8,13-14,23H,9-12H2,1H3. The van der Waals surface area contributed by atoms with E-state index in [0.29, 0.717) is 18.7 Å². The first-order chi connectivity index (χ1) is 12.2. The van der Waals surface area contributed by atoms with E-state index in [1.165, 1.54) is 4.90 Å². The van der Waals surface area contributed by atoms with Crippen LogP contribution in [-0.2, 0) is 6.54 Å². The molecule has 0 saturated heterocycles. The van der Waals surface area contributed by atoms with Gasteiger partial charge in [-0.15, -0.1) is 11.8 Å². The van der Waals surface area contributed by atoms with E-state index in [1.54, 1.807) is 23.0 Å². The second-order valence-corrected chi connectivity index (χ2v) is 6.92. The highest BCUT2D eigenvalue weighted by Crippen LogP contribution is 2.18. The van der Waals surface area contributed by atoms with Gasteiger partial charge in [0.15, 0.2) is 0 Å². The number of thioether (sulfide) groups is 1. The number of amides is 1. The van der Waals surface area contributed by atoms with Crippen molar-refractivity contribution >= 4 is 28.7 Å². The Morgan fingerprint density at radius 1 is 1.24 bits per heavy atom. The van der Waals surface area contributed by atoms with Crippen LogP contribution in [0.2, 0.25) is 0 Å². The summed E-state index contributed by atoms with van der Waals surface area (Å²) < 4.78 is 1.88. The molecule has 3 aromatic rings. The number of aliphatic hydroxyl groups excluding tert-OH is 1. The quantitative estimate of drug-likeness (QED) is 0.662. The first-order valence-corrected chi connectivity index (χ1v) is 9.16. The maximum absolute atomic E-state index is 12.6. The predicted molar refractivity (Wildman–Crippen MR) is 101 cm³/mol. The first-order valence-electron chi connectivity index (χ1n) is 8.18. The molecule has 1 amide bonds. The molecule has 0 spiro atoms. The molecule has 0 aliphatic heterocycles. The van der Waals surface area contributed by atoms with Crippen molar-refractivity contribution in [3.63, 3.8) is 0 Å². The third-order valence-corrected chi connectivity index (χ3v) is 4.99. The lowest BCUT2D eigenvalue weighted by molar-refractivity contribution is 0.0804. The molecule has 2 aromatic carbocycles. The number of carbonyl (C=O) groups excluding carboxylic acids is 1. The van der Waals surface area contributed by atoms with E-state index in [1.807, 2.05) is 48.0 Å². The van der Waals surface area contributed by atoms with Gasteiger partial charge in [-0.05, 0) is 30.3 Å². The van der Waals surface area contributed by atoms with Crippen molar-refractivity contribution in [2.75, 3.05) is 26.0 Å². The lowest BCUT2D eigenvalue weighted by atomic mass is 10.1. The van der Waals surface area contributed by atoms with Crippen LogP contribution in [0, 0.1) is 0 Å². The van der Waals surface area contributed by atoms with Crippen molar-refractivity contribution in [2.24, 2.45) is 0 Å². The number of imidazole rings is 1. The van der Waals surface area contributed by atoms with Gasteiger partial charge >= 0.3 is 0 Å². The number of carbonyl (C=O) groups is 1. The zero-order valence-corrected chi connectivity index (χ0v) is 14.9. The molecule has 1 N–H and O–H groups in total. The normalized spacial score (nSPS) is 11.0. The largest absolute Gasteiger partial charge is 0.395 e. The number of nitrogens with zero attached hydrogens (tertiary/aromatic N) is 3. The van der Waals surface area contributed by atoms with Crippen LogP contribution in [0.3, 0.4) is 0 Å². The fourth-order valence-corrected chi connectivity index (χ4v) is 3.57. The molecule has 0 aliphatic carbocycles. The minimum absolute atomic E-state index is 0.00716. The van der Waals surface area contributed by atoms with E-state index in [2.05, 4.69) is 17.1 Å². The third-order valence-electron chi connectivity index (χ3n) is 3.99. The molecule has 3 rings (SSSR count). The monoisotopic (exact) mass is 355 g/mol. The molecule has 0 aliphatic rings. The second-order valence-electron chi connectivity index (χ2n) is 5.75. The van der Waals surface area contributed by atoms with Gasteiger partial charge in [0.25, 0.3) is 5.91 Å². The van der Waals surface area contributed by atoms with Gasteiger partial charge in [-0.1, -0.05) is 18.2 Å². The summed E-state index contributed by atoms with van der Waals surface area (Å²) in [5.41, 5.74) is 2.33. The zero-order valence-electron chi connectivity index (χ0n) is 14.1. The highest BCUT2D eigenvalue weighted by molar-refractivity contribution is 7.99. The molecule has 5 nitrogen and oxygen atoms in total. The molecule has 0 saturated carbocycles. The van der Waals surface area contributed by atoms with E-state index in [0.717, 1.165) is 16.8 Å². The average Bonchev–Trinajstić information content (AvgIpc) is 3.04. The minimum atomic E-state index is -0.00716. The molecule has 1 heterocycles. The fraction of sp³-hybridized carbons (Fsp3) is 0.263. The third kappa shape index (κ3) is 4.21. The first kappa shape index (κ1) is 17.5. The Labute approximate surface area is 151 Å². The Kier molecular flexibility index (Phi) is 5.73. The van der Waals surface area contributed by atoms with Gasteiger partial charge in [0, 0.05) is 36.3 Å². The summed E-state index contributed by atoms with van der Waals surface area (Å²) in [6.45, 7) is 1.24. The van der Waals surface area contributed by atoms with Crippen LogP contribution in [0.25, 0.3) is 11.0 Å². The Balaban J connectivity index is 1.62. The smallest absolute Gasteiger partial charge is 0.253 e. The lowest BCUT2D eigenvalue weighted by Crippen LogP contribution is -2.28. The van der Waals surface area contributed by atoms with Gasteiger partial charge < -0.3 is 14.6 Å². The number of aliphatic hydroxyl groups is 1. The summed E-state index contributed by atoms with van der Waals surface area (Å²) in [7, 11) is 1.82. The van der Waals surface area contributed by atoms with Crippen LogP contribution in [-0.4, -0.2) is 51.4 Å². The van der Waals surface area contributed by atoms with Crippen LogP contribution in [0.1, 0.15) is 10.4 Å². The highest BCUT2D eigenvalue weighted by atomic mass is 32.2. The number of aromatic nitrogens is 2.